The highest BCUT2D eigenvalue weighted by Crippen LogP contribution is 2.17. The van der Waals surface area contributed by atoms with Crippen LogP contribution in [0.5, 0.6) is 0 Å². The SMILES string of the molecule is O=C(NC1CCCCNC1=O)c1ccoc1Br. The molecule has 1 unspecified atom stereocenters. The van der Waals surface area contributed by atoms with Gasteiger partial charge in [-0.1, -0.05) is 0 Å². The number of carbonyl (C=O) groups is 2. The topological polar surface area (TPSA) is 71.3 Å². The third-order valence-electron chi connectivity index (χ3n) is 2.70. The molecular weight excluding hydrogens is 288 g/mol. The highest BCUT2D eigenvalue weighted by Gasteiger charge is 2.24. The van der Waals surface area contributed by atoms with Crippen molar-refractivity contribution in [2.24, 2.45) is 0 Å². The van der Waals surface area contributed by atoms with Gasteiger partial charge in [0.1, 0.15) is 6.04 Å². The zero-order valence-corrected chi connectivity index (χ0v) is 10.7. The molecule has 2 rings (SSSR count). The van der Waals surface area contributed by atoms with Crippen molar-refractivity contribution >= 4 is 27.7 Å². The van der Waals surface area contributed by atoms with Gasteiger partial charge in [0.05, 0.1) is 11.8 Å². The summed E-state index contributed by atoms with van der Waals surface area (Å²) in [5, 5.41) is 5.48. The molecule has 1 atom stereocenters. The van der Waals surface area contributed by atoms with Gasteiger partial charge in [-0.05, 0) is 41.3 Å². The molecule has 92 valence electrons. The van der Waals surface area contributed by atoms with Crippen LogP contribution in [-0.4, -0.2) is 24.4 Å². The molecule has 1 aliphatic rings. The van der Waals surface area contributed by atoms with Gasteiger partial charge in [-0.25, -0.2) is 0 Å². The molecule has 2 heterocycles. The fourth-order valence-corrected chi connectivity index (χ4v) is 2.19. The van der Waals surface area contributed by atoms with Crippen molar-refractivity contribution in [1.29, 1.82) is 0 Å². The summed E-state index contributed by atoms with van der Waals surface area (Å²) in [6.45, 7) is 0.681. The second-order valence-corrected chi connectivity index (χ2v) is 4.64. The molecule has 0 aromatic carbocycles. The van der Waals surface area contributed by atoms with Gasteiger partial charge in [-0.15, -0.1) is 0 Å². The average Bonchev–Trinajstić information content (AvgIpc) is 2.63. The van der Waals surface area contributed by atoms with Crippen LogP contribution in [0.25, 0.3) is 0 Å². The van der Waals surface area contributed by atoms with Crippen molar-refractivity contribution in [2.45, 2.75) is 25.3 Å². The predicted molar refractivity (Wildman–Crippen MR) is 64.5 cm³/mol. The van der Waals surface area contributed by atoms with E-state index in [1.165, 1.54) is 6.26 Å². The molecule has 1 aliphatic heterocycles. The van der Waals surface area contributed by atoms with E-state index < -0.39 is 6.04 Å². The highest BCUT2D eigenvalue weighted by molar-refractivity contribution is 9.10. The van der Waals surface area contributed by atoms with Gasteiger partial charge in [-0.2, -0.15) is 0 Å². The van der Waals surface area contributed by atoms with Gasteiger partial charge >= 0.3 is 0 Å². The van der Waals surface area contributed by atoms with E-state index >= 15 is 0 Å². The van der Waals surface area contributed by atoms with Gasteiger partial charge in [0.2, 0.25) is 5.91 Å². The fraction of sp³-hybridized carbons (Fsp3) is 0.455. The molecule has 2 N–H and O–H groups in total. The molecule has 17 heavy (non-hydrogen) atoms. The molecule has 2 amide bonds. The fourth-order valence-electron chi connectivity index (χ4n) is 1.77. The summed E-state index contributed by atoms with van der Waals surface area (Å²) >= 11 is 3.13. The third kappa shape index (κ3) is 2.88. The number of amides is 2. The van der Waals surface area contributed by atoms with E-state index in [0.29, 0.717) is 23.2 Å². The first kappa shape index (κ1) is 12.2. The Morgan fingerprint density at radius 3 is 3.06 bits per heavy atom. The molecule has 0 saturated carbocycles. The lowest BCUT2D eigenvalue weighted by atomic mass is 10.1. The maximum absolute atomic E-state index is 11.9. The minimum atomic E-state index is -0.452. The summed E-state index contributed by atoms with van der Waals surface area (Å²) in [5.74, 6) is -0.414. The van der Waals surface area contributed by atoms with Crippen molar-refractivity contribution in [3.05, 3.63) is 22.6 Å². The lowest BCUT2D eigenvalue weighted by Gasteiger charge is -2.14. The predicted octanol–water partition coefficient (Wildman–Crippen LogP) is 1.44. The number of nitrogens with one attached hydrogen (secondary N) is 2. The van der Waals surface area contributed by atoms with E-state index in [9.17, 15) is 9.59 Å². The molecular formula is C11H13BrN2O3. The Morgan fingerprint density at radius 1 is 1.53 bits per heavy atom. The Morgan fingerprint density at radius 2 is 2.35 bits per heavy atom. The summed E-state index contributed by atoms with van der Waals surface area (Å²) < 4.78 is 5.36. The maximum atomic E-state index is 11.9. The lowest BCUT2D eigenvalue weighted by Crippen LogP contribution is -2.45. The van der Waals surface area contributed by atoms with Crippen molar-refractivity contribution in [1.82, 2.24) is 10.6 Å². The van der Waals surface area contributed by atoms with Crippen molar-refractivity contribution in [2.75, 3.05) is 6.54 Å². The largest absolute Gasteiger partial charge is 0.457 e. The number of rotatable bonds is 2. The van der Waals surface area contributed by atoms with Crippen LogP contribution in [0.2, 0.25) is 0 Å². The zero-order valence-electron chi connectivity index (χ0n) is 9.16. The van der Waals surface area contributed by atoms with Crippen LogP contribution >= 0.6 is 15.9 Å². The molecule has 0 aliphatic carbocycles. The second kappa shape index (κ2) is 5.35. The lowest BCUT2D eigenvalue weighted by molar-refractivity contribution is -0.122. The normalized spacial score (nSPS) is 20.5. The monoisotopic (exact) mass is 300 g/mol. The molecule has 6 heteroatoms. The quantitative estimate of drug-likeness (QED) is 0.868. The number of carbonyl (C=O) groups excluding carboxylic acids is 2. The third-order valence-corrected chi connectivity index (χ3v) is 3.32. The van der Waals surface area contributed by atoms with E-state index in [1.54, 1.807) is 6.07 Å². The molecule has 5 nitrogen and oxygen atoms in total. The molecule has 1 aromatic heterocycles. The Hall–Kier alpha value is -1.30. The average molecular weight is 301 g/mol. The van der Waals surface area contributed by atoms with Gasteiger partial charge in [0.25, 0.3) is 5.91 Å². The van der Waals surface area contributed by atoms with Crippen molar-refractivity contribution in [3.8, 4) is 0 Å². The van der Waals surface area contributed by atoms with Crippen LogP contribution in [0.4, 0.5) is 0 Å². The maximum Gasteiger partial charge on any atom is 0.256 e. The van der Waals surface area contributed by atoms with Crippen LogP contribution in [0.1, 0.15) is 29.6 Å². The Kier molecular flexibility index (Phi) is 3.83. The highest BCUT2D eigenvalue weighted by atomic mass is 79.9. The standard InChI is InChI=1S/C11H13BrN2O3/c12-9-7(4-6-17-9)10(15)14-8-3-1-2-5-13-11(8)16/h4,6,8H,1-3,5H2,(H,13,16)(H,14,15). The first-order valence-corrected chi connectivity index (χ1v) is 6.29. The minimum absolute atomic E-state index is 0.115. The van der Waals surface area contributed by atoms with Crippen LogP contribution in [0.15, 0.2) is 21.4 Å². The first-order valence-electron chi connectivity index (χ1n) is 5.50. The van der Waals surface area contributed by atoms with Crippen LogP contribution in [0, 0.1) is 0 Å². The van der Waals surface area contributed by atoms with E-state index in [-0.39, 0.29) is 11.8 Å². The van der Waals surface area contributed by atoms with Crippen LogP contribution < -0.4 is 10.6 Å². The first-order chi connectivity index (χ1) is 8.18. The molecule has 0 bridgehead atoms. The van der Waals surface area contributed by atoms with Gasteiger partial charge in [0.15, 0.2) is 4.67 Å². The molecule has 1 aromatic rings. The molecule has 1 saturated heterocycles. The van der Waals surface area contributed by atoms with Gasteiger partial charge in [-0.3, -0.25) is 9.59 Å². The summed E-state index contributed by atoms with van der Waals surface area (Å²) in [6.07, 6.45) is 3.98. The Balaban J connectivity index is 2.02. The van der Waals surface area contributed by atoms with Gasteiger partial charge < -0.3 is 15.1 Å². The number of hydrogen-bond donors (Lipinski definition) is 2. The number of furan rings is 1. The smallest absolute Gasteiger partial charge is 0.256 e. The number of hydrogen-bond acceptors (Lipinski definition) is 3. The Labute approximate surface area is 107 Å². The van der Waals surface area contributed by atoms with Gasteiger partial charge in [0, 0.05) is 6.54 Å². The summed E-state index contributed by atoms with van der Waals surface area (Å²) in [6, 6.07) is 1.11. The van der Waals surface area contributed by atoms with Crippen LogP contribution in [-0.2, 0) is 4.79 Å². The Bertz CT molecular complexity index is 430. The summed E-state index contributed by atoms with van der Waals surface area (Å²) in [4.78, 5) is 23.5. The van der Waals surface area contributed by atoms with E-state index in [0.717, 1.165) is 12.8 Å². The summed E-state index contributed by atoms with van der Waals surface area (Å²) in [7, 11) is 0. The molecule has 0 spiro atoms. The minimum Gasteiger partial charge on any atom is -0.457 e. The van der Waals surface area contributed by atoms with Crippen molar-refractivity contribution in [3.63, 3.8) is 0 Å². The van der Waals surface area contributed by atoms with E-state index in [4.69, 9.17) is 4.42 Å². The summed E-state index contributed by atoms with van der Waals surface area (Å²) in [5.41, 5.74) is 0.405. The van der Waals surface area contributed by atoms with Crippen molar-refractivity contribution < 1.29 is 14.0 Å². The molecule has 1 fully saturated rings. The zero-order chi connectivity index (χ0) is 12.3. The number of halogens is 1. The van der Waals surface area contributed by atoms with E-state index in [2.05, 4.69) is 26.6 Å². The van der Waals surface area contributed by atoms with Crippen LogP contribution in [0.3, 0.4) is 0 Å². The second-order valence-electron chi connectivity index (χ2n) is 3.92. The molecule has 0 radical (unpaired) electrons. The van der Waals surface area contributed by atoms with E-state index in [1.807, 2.05) is 0 Å².